The number of piperidine rings is 1. The van der Waals surface area contributed by atoms with E-state index in [0.29, 0.717) is 18.8 Å². The zero-order valence-electron chi connectivity index (χ0n) is 14.1. The maximum atomic E-state index is 12.6. The highest BCUT2D eigenvalue weighted by atomic mass is 16.3. The largest absolute Gasteiger partial charge is 0.383 e. The van der Waals surface area contributed by atoms with Gasteiger partial charge >= 0.3 is 0 Å². The predicted octanol–water partition coefficient (Wildman–Crippen LogP) is 0.635. The molecule has 1 aliphatic rings. The lowest BCUT2D eigenvalue weighted by atomic mass is 10.0. The Bertz CT molecular complexity index is 744. The minimum Gasteiger partial charge on any atom is -0.383 e. The van der Waals surface area contributed by atoms with Gasteiger partial charge in [0.15, 0.2) is 5.82 Å². The quantitative estimate of drug-likeness (QED) is 0.835. The van der Waals surface area contributed by atoms with Crippen LogP contribution in [0.25, 0.3) is 0 Å². The Labute approximate surface area is 146 Å². The molecule has 0 unspecified atom stereocenters. The zero-order valence-corrected chi connectivity index (χ0v) is 14.1. The van der Waals surface area contributed by atoms with E-state index in [9.17, 15) is 14.7 Å². The Hall–Kier alpha value is -2.67. The number of aliphatic hydroxyl groups excluding tert-OH is 1. The molecular weight excluding hydrogens is 320 g/mol. The summed E-state index contributed by atoms with van der Waals surface area (Å²) >= 11 is 0. The van der Waals surface area contributed by atoms with Crippen molar-refractivity contribution in [1.29, 1.82) is 0 Å². The molecule has 1 aliphatic heterocycles. The lowest BCUT2D eigenvalue weighted by molar-refractivity contribution is -0.133. The predicted molar refractivity (Wildman–Crippen MR) is 92.9 cm³/mol. The SMILES string of the molecule is Cn1ccc(N2CCC[C@H](NC(=O)[C@@H](O)Cc3ccccc3)C2=O)n1. The molecule has 1 fully saturated rings. The Morgan fingerprint density at radius 2 is 2.12 bits per heavy atom. The lowest BCUT2D eigenvalue weighted by Gasteiger charge is -2.31. The Kier molecular flexibility index (Phi) is 5.14. The topological polar surface area (TPSA) is 87.5 Å². The molecule has 2 atom stereocenters. The summed E-state index contributed by atoms with van der Waals surface area (Å²) in [6.07, 6.45) is 2.14. The number of nitrogens with one attached hydrogen (secondary N) is 1. The van der Waals surface area contributed by atoms with Gasteiger partial charge in [-0.3, -0.25) is 19.2 Å². The van der Waals surface area contributed by atoms with Gasteiger partial charge in [0.2, 0.25) is 5.91 Å². The molecule has 2 heterocycles. The van der Waals surface area contributed by atoms with E-state index < -0.39 is 18.1 Å². The molecule has 0 bridgehead atoms. The van der Waals surface area contributed by atoms with Gasteiger partial charge < -0.3 is 10.4 Å². The van der Waals surface area contributed by atoms with Gasteiger partial charge in [0.1, 0.15) is 12.1 Å². The van der Waals surface area contributed by atoms with Gasteiger partial charge in [-0.2, -0.15) is 5.10 Å². The molecule has 2 amide bonds. The number of rotatable bonds is 5. The Morgan fingerprint density at radius 1 is 1.36 bits per heavy atom. The molecule has 1 aromatic carbocycles. The van der Waals surface area contributed by atoms with Crippen LogP contribution in [0, 0.1) is 0 Å². The van der Waals surface area contributed by atoms with Crippen molar-refractivity contribution in [1.82, 2.24) is 15.1 Å². The molecule has 2 aromatic rings. The summed E-state index contributed by atoms with van der Waals surface area (Å²) in [7, 11) is 1.79. The standard InChI is InChI=1S/C18H22N4O3/c1-21-11-9-16(20-21)22-10-5-8-14(18(22)25)19-17(24)15(23)12-13-6-3-2-4-7-13/h2-4,6-7,9,11,14-15,23H,5,8,10,12H2,1H3,(H,19,24)/t14-,15-/m0/s1. The molecule has 132 valence electrons. The van der Waals surface area contributed by atoms with Gasteiger partial charge in [-0.1, -0.05) is 30.3 Å². The number of hydrogen-bond donors (Lipinski definition) is 2. The smallest absolute Gasteiger partial charge is 0.250 e. The van der Waals surface area contributed by atoms with Crippen LogP contribution in [0.3, 0.4) is 0 Å². The lowest BCUT2D eigenvalue weighted by Crippen LogP contribution is -2.54. The molecule has 7 heteroatoms. The second-order valence-corrected chi connectivity index (χ2v) is 6.25. The molecule has 7 nitrogen and oxygen atoms in total. The summed E-state index contributed by atoms with van der Waals surface area (Å²) in [5.74, 6) is -0.133. The highest BCUT2D eigenvalue weighted by Gasteiger charge is 2.33. The average molecular weight is 342 g/mol. The summed E-state index contributed by atoms with van der Waals surface area (Å²) in [6, 6.07) is 10.4. The van der Waals surface area contributed by atoms with Gasteiger partial charge in [-0.25, -0.2) is 0 Å². The zero-order chi connectivity index (χ0) is 17.8. The van der Waals surface area contributed by atoms with Crippen LogP contribution < -0.4 is 10.2 Å². The maximum absolute atomic E-state index is 12.6. The van der Waals surface area contributed by atoms with Crippen LogP contribution >= 0.6 is 0 Å². The summed E-state index contributed by atoms with van der Waals surface area (Å²) in [4.78, 5) is 26.5. The van der Waals surface area contributed by atoms with E-state index in [1.807, 2.05) is 30.3 Å². The van der Waals surface area contributed by atoms with Gasteiger partial charge in [0.25, 0.3) is 5.91 Å². The first kappa shape index (κ1) is 17.2. The molecule has 3 rings (SSSR count). The average Bonchev–Trinajstić information content (AvgIpc) is 3.03. The van der Waals surface area contributed by atoms with Crippen LogP contribution in [0.15, 0.2) is 42.6 Å². The van der Waals surface area contributed by atoms with Gasteiger partial charge in [-0.15, -0.1) is 0 Å². The number of carbonyl (C=O) groups is 2. The van der Waals surface area contributed by atoms with Crippen molar-refractivity contribution < 1.29 is 14.7 Å². The van der Waals surface area contributed by atoms with Crippen LogP contribution in [0.2, 0.25) is 0 Å². The number of amides is 2. The third-order valence-electron chi connectivity index (χ3n) is 4.31. The molecular formula is C18H22N4O3. The molecule has 0 aliphatic carbocycles. The normalized spacial score (nSPS) is 18.9. The number of aromatic nitrogens is 2. The second kappa shape index (κ2) is 7.48. The van der Waals surface area contributed by atoms with E-state index in [0.717, 1.165) is 12.0 Å². The monoisotopic (exact) mass is 342 g/mol. The first-order valence-electron chi connectivity index (χ1n) is 8.38. The van der Waals surface area contributed by atoms with Gasteiger partial charge in [0.05, 0.1) is 0 Å². The van der Waals surface area contributed by atoms with Crippen molar-refractivity contribution in [3.63, 3.8) is 0 Å². The van der Waals surface area contributed by atoms with Crippen molar-refractivity contribution in [2.45, 2.75) is 31.4 Å². The van der Waals surface area contributed by atoms with E-state index in [-0.39, 0.29) is 12.3 Å². The van der Waals surface area contributed by atoms with Crippen LogP contribution in [0.1, 0.15) is 18.4 Å². The van der Waals surface area contributed by atoms with E-state index in [4.69, 9.17) is 0 Å². The van der Waals surface area contributed by atoms with E-state index in [1.165, 1.54) is 0 Å². The van der Waals surface area contributed by atoms with Crippen molar-refractivity contribution in [3.05, 3.63) is 48.2 Å². The number of hydrogen-bond acceptors (Lipinski definition) is 4. The molecule has 1 aromatic heterocycles. The van der Waals surface area contributed by atoms with Crippen molar-refractivity contribution in [3.8, 4) is 0 Å². The number of carbonyl (C=O) groups excluding carboxylic acids is 2. The Morgan fingerprint density at radius 3 is 2.80 bits per heavy atom. The van der Waals surface area contributed by atoms with Gasteiger partial charge in [0, 0.05) is 32.3 Å². The fraction of sp³-hybridized carbons (Fsp3) is 0.389. The molecule has 0 spiro atoms. The number of aryl methyl sites for hydroxylation is 1. The molecule has 25 heavy (non-hydrogen) atoms. The molecule has 0 saturated carbocycles. The molecule has 2 N–H and O–H groups in total. The molecule has 0 radical (unpaired) electrons. The fourth-order valence-corrected chi connectivity index (χ4v) is 2.98. The van der Waals surface area contributed by atoms with Crippen molar-refractivity contribution in [2.24, 2.45) is 7.05 Å². The summed E-state index contributed by atoms with van der Waals surface area (Å²) in [6.45, 7) is 0.578. The summed E-state index contributed by atoms with van der Waals surface area (Å²) in [5, 5.41) is 17.1. The second-order valence-electron chi connectivity index (χ2n) is 6.25. The van der Waals surface area contributed by atoms with E-state index >= 15 is 0 Å². The van der Waals surface area contributed by atoms with Crippen LogP contribution in [-0.2, 0) is 23.1 Å². The fourth-order valence-electron chi connectivity index (χ4n) is 2.98. The van der Waals surface area contributed by atoms with E-state index in [2.05, 4.69) is 10.4 Å². The van der Waals surface area contributed by atoms with Crippen LogP contribution in [-0.4, -0.2) is 45.4 Å². The Balaban J connectivity index is 1.61. The van der Waals surface area contributed by atoms with Crippen LogP contribution in [0.5, 0.6) is 0 Å². The number of benzene rings is 1. The number of anilines is 1. The third-order valence-corrected chi connectivity index (χ3v) is 4.31. The van der Waals surface area contributed by atoms with Gasteiger partial charge in [-0.05, 0) is 18.4 Å². The highest BCUT2D eigenvalue weighted by molar-refractivity contribution is 5.99. The minimum absolute atomic E-state index is 0.190. The van der Waals surface area contributed by atoms with Crippen molar-refractivity contribution >= 4 is 17.6 Å². The first-order valence-corrected chi connectivity index (χ1v) is 8.38. The van der Waals surface area contributed by atoms with Crippen LogP contribution in [0.4, 0.5) is 5.82 Å². The number of nitrogens with zero attached hydrogens (tertiary/aromatic N) is 3. The summed E-state index contributed by atoms with van der Waals surface area (Å²) in [5.41, 5.74) is 0.871. The first-order chi connectivity index (χ1) is 12.0. The minimum atomic E-state index is -1.18. The summed E-state index contributed by atoms with van der Waals surface area (Å²) < 4.78 is 1.63. The molecule has 1 saturated heterocycles. The van der Waals surface area contributed by atoms with Crippen molar-refractivity contribution in [2.75, 3.05) is 11.4 Å². The number of aliphatic hydroxyl groups is 1. The highest BCUT2D eigenvalue weighted by Crippen LogP contribution is 2.19. The third kappa shape index (κ3) is 4.06. The maximum Gasteiger partial charge on any atom is 0.250 e. The van der Waals surface area contributed by atoms with E-state index in [1.54, 1.807) is 28.9 Å².